The van der Waals surface area contributed by atoms with Crippen LogP contribution in [0.15, 0.2) is 0 Å². The molecule has 88 valence electrons. The van der Waals surface area contributed by atoms with Gasteiger partial charge in [0.2, 0.25) is 10.0 Å². The van der Waals surface area contributed by atoms with Gasteiger partial charge in [-0.15, -0.1) is 0 Å². The van der Waals surface area contributed by atoms with Crippen LogP contribution in [0, 0.1) is 5.92 Å². The molecule has 0 aromatic rings. The molecule has 0 amide bonds. The van der Waals surface area contributed by atoms with Crippen molar-refractivity contribution >= 4 is 10.0 Å². The van der Waals surface area contributed by atoms with Gasteiger partial charge in [0.25, 0.3) is 0 Å². The fraction of sp³-hybridized carbons (Fsp3) is 1.00. The maximum Gasteiger partial charge on any atom is 0.216 e. The van der Waals surface area contributed by atoms with E-state index in [9.17, 15) is 8.42 Å². The lowest BCUT2D eigenvalue weighted by Crippen LogP contribution is -2.70. The molecule has 0 unspecified atom stereocenters. The van der Waals surface area contributed by atoms with Gasteiger partial charge in [-0.05, 0) is 18.8 Å². The van der Waals surface area contributed by atoms with Crippen LogP contribution < -0.4 is 5.73 Å². The van der Waals surface area contributed by atoms with Crippen molar-refractivity contribution in [3.05, 3.63) is 0 Å². The second-order valence-electron chi connectivity index (χ2n) is 4.58. The lowest BCUT2D eigenvalue weighted by Gasteiger charge is -2.47. The molecule has 1 saturated carbocycles. The van der Waals surface area contributed by atoms with Crippen LogP contribution in [-0.2, 0) is 14.8 Å². The molecular weight excluding hydrogens is 216 g/mol. The van der Waals surface area contributed by atoms with E-state index >= 15 is 0 Å². The summed E-state index contributed by atoms with van der Waals surface area (Å²) >= 11 is 0. The van der Waals surface area contributed by atoms with Crippen LogP contribution in [0.1, 0.15) is 12.8 Å². The number of hydrogen-bond donors (Lipinski definition) is 1. The van der Waals surface area contributed by atoms with Crippen LogP contribution in [0.5, 0.6) is 0 Å². The van der Waals surface area contributed by atoms with E-state index in [4.69, 9.17) is 10.5 Å². The highest BCUT2D eigenvalue weighted by Gasteiger charge is 2.53. The van der Waals surface area contributed by atoms with Crippen molar-refractivity contribution < 1.29 is 13.2 Å². The first-order chi connectivity index (χ1) is 6.98. The van der Waals surface area contributed by atoms with Crippen molar-refractivity contribution in [3.63, 3.8) is 0 Å². The Hall–Kier alpha value is -0.170. The van der Waals surface area contributed by atoms with Crippen molar-refractivity contribution in [1.29, 1.82) is 0 Å². The maximum atomic E-state index is 11.7. The van der Waals surface area contributed by atoms with E-state index in [-0.39, 0.29) is 17.9 Å². The number of methoxy groups -OCH3 is 1. The molecule has 15 heavy (non-hydrogen) atoms. The summed E-state index contributed by atoms with van der Waals surface area (Å²) in [6.07, 6.45) is 2.31. The zero-order chi connectivity index (χ0) is 11.1. The van der Waals surface area contributed by atoms with Crippen molar-refractivity contribution in [2.75, 3.05) is 32.6 Å². The lowest BCUT2D eigenvalue weighted by atomic mass is 9.88. The van der Waals surface area contributed by atoms with E-state index in [0.717, 1.165) is 12.8 Å². The Bertz CT molecular complexity index is 331. The van der Waals surface area contributed by atoms with E-state index in [2.05, 4.69) is 0 Å². The second-order valence-corrected chi connectivity index (χ2v) is 6.67. The molecule has 2 rings (SSSR count). The van der Waals surface area contributed by atoms with E-state index in [1.54, 1.807) is 0 Å². The topological polar surface area (TPSA) is 72.6 Å². The summed E-state index contributed by atoms with van der Waals surface area (Å²) in [4.78, 5) is 0. The first-order valence-electron chi connectivity index (χ1n) is 5.23. The summed E-state index contributed by atoms with van der Waals surface area (Å²) in [5.74, 6) is 0.607. The molecule has 0 aromatic heterocycles. The molecule has 0 atom stereocenters. The number of rotatable bonds is 5. The summed E-state index contributed by atoms with van der Waals surface area (Å²) in [6.45, 7) is 1.23. The Morgan fingerprint density at radius 2 is 2.07 bits per heavy atom. The summed E-state index contributed by atoms with van der Waals surface area (Å²) in [6, 6.07) is 0. The van der Waals surface area contributed by atoms with Crippen LogP contribution in [0.4, 0.5) is 0 Å². The highest BCUT2D eigenvalue weighted by atomic mass is 32.2. The largest absolute Gasteiger partial charge is 0.384 e. The summed E-state index contributed by atoms with van der Waals surface area (Å²) in [5.41, 5.74) is 5.85. The standard InChI is InChI=1S/C9H18N2O3S/c1-14-4-5-15(12,13)11-6-9(10,7-11)8-2-3-8/h8H,2-7,10H2,1H3. The quantitative estimate of drug-likeness (QED) is 0.688. The zero-order valence-corrected chi connectivity index (χ0v) is 9.79. The molecule has 5 nitrogen and oxygen atoms in total. The maximum absolute atomic E-state index is 11.7. The number of nitrogens with two attached hydrogens (primary N) is 1. The van der Waals surface area contributed by atoms with Crippen molar-refractivity contribution in [2.45, 2.75) is 18.4 Å². The van der Waals surface area contributed by atoms with Gasteiger partial charge in [0.1, 0.15) is 0 Å². The Morgan fingerprint density at radius 3 is 2.53 bits per heavy atom. The average Bonchev–Trinajstić information content (AvgIpc) is 2.92. The molecule has 1 heterocycles. The fourth-order valence-corrected chi connectivity index (χ4v) is 3.55. The molecule has 0 bridgehead atoms. The fourth-order valence-electron chi connectivity index (χ4n) is 2.04. The summed E-state index contributed by atoms with van der Waals surface area (Å²) in [7, 11) is -1.63. The monoisotopic (exact) mass is 234 g/mol. The number of sulfonamides is 1. The molecule has 2 fully saturated rings. The van der Waals surface area contributed by atoms with Crippen molar-refractivity contribution in [3.8, 4) is 0 Å². The minimum Gasteiger partial charge on any atom is -0.384 e. The minimum absolute atomic E-state index is 0.0598. The van der Waals surface area contributed by atoms with E-state index in [1.807, 2.05) is 0 Å². The Kier molecular flexibility index (Phi) is 2.79. The van der Waals surface area contributed by atoms with Gasteiger partial charge in [0, 0.05) is 25.7 Å². The predicted molar refractivity (Wildman–Crippen MR) is 56.9 cm³/mol. The van der Waals surface area contributed by atoms with E-state index in [1.165, 1.54) is 11.4 Å². The number of nitrogens with zero attached hydrogens (tertiary/aromatic N) is 1. The molecule has 1 aliphatic carbocycles. The van der Waals surface area contributed by atoms with Crippen LogP contribution >= 0.6 is 0 Å². The molecule has 2 aliphatic rings. The predicted octanol–water partition coefficient (Wildman–Crippen LogP) is -0.614. The molecule has 1 saturated heterocycles. The van der Waals surface area contributed by atoms with Gasteiger partial charge >= 0.3 is 0 Å². The Labute approximate surface area is 90.6 Å². The lowest BCUT2D eigenvalue weighted by molar-refractivity contribution is 0.133. The SMILES string of the molecule is COCCS(=O)(=O)N1CC(N)(C2CC2)C1. The number of hydrogen-bond acceptors (Lipinski definition) is 4. The molecular formula is C9H18N2O3S. The molecule has 0 aromatic carbocycles. The molecule has 2 N–H and O–H groups in total. The third-order valence-electron chi connectivity index (χ3n) is 3.27. The molecule has 0 spiro atoms. The van der Waals surface area contributed by atoms with Gasteiger partial charge in [0.15, 0.2) is 0 Å². The average molecular weight is 234 g/mol. The van der Waals surface area contributed by atoms with Gasteiger partial charge in [0.05, 0.1) is 12.4 Å². The first-order valence-corrected chi connectivity index (χ1v) is 6.84. The summed E-state index contributed by atoms with van der Waals surface area (Å²) in [5, 5.41) is 0. The van der Waals surface area contributed by atoms with E-state index in [0.29, 0.717) is 19.0 Å². The van der Waals surface area contributed by atoms with Crippen LogP contribution in [-0.4, -0.2) is 50.8 Å². The highest BCUT2D eigenvalue weighted by Crippen LogP contribution is 2.43. The van der Waals surface area contributed by atoms with Crippen molar-refractivity contribution in [2.24, 2.45) is 11.7 Å². The smallest absolute Gasteiger partial charge is 0.216 e. The van der Waals surface area contributed by atoms with Gasteiger partial charge in [-0.3, -0.25) is 0 Å². The zero-order valence-electron chi connectivity index (χ0n) is 8.98. The van der Waals surface area contributed by atoms with E-state index < -0.39 is 10.0 Å². The Morgan fingerprint density at radius 1 is 1.47 bits per heavy atom. The van der Waals surface area contributed by atoms with Crippen LogP contribution in [0.25, 0.3) is 0 Å². The molecule has 1 aliphatic heterocycles. The van der Waals surface area contributed by atoms with Gasteiger partial charge in [-0.1, -0.05) is 0 Å². The van der Waals surface area contributed by atoms with Gasteiger partial charge in [-0.25, -0.2) is 8.42 Å². The first kappa shape index (κ1) is 11.3. The molecule has 6 heteroatoms. The normalized spacial score (nSPS) is 26.3. The minimum atomic E-state index is -3.13. The van der Waals surface area contributed by atoms with Crippen molar-refractivity contribution in [1.82, 2.24) is 4.31 Å². The Balaban J connectivity index is 1.87. The van der Waals surface area contributed by atoms with Gasteiger partial charge in [-0.2, -0.15) is 4.31 Å². The summed E-state index contributed by atoms with van der Waals surface area (Å²) < 4.78 is 29.6. The third kappa shape index (κ3) is 2.18. The van der Waals surface area contributed by atoms with Crippen LogP contribution in [0.2, 0.25) is 0 Å². The molecule has 0 radical (unpaired) electrons. The van der Waals surface area contributed by atoms with Gasteiger partial charge < -0.3 is 10.5 Å². The number of ether oxygens (including phenoxy) is 1. The third-order valence-corrected chi connectivity index (χ3v) is 5.00. The second kappa shape index (κ2) is 3.69. The van der Waals surface area contributed by atoms with Crippen LogP contribution in [0.3, 0.4) is 0 Å². The highest BCUT2D eigenvalue weighted by molar-refractivity contribution is 7.89.